The van der Waals surface area contributed by atoms with Crippen LogP contribution in [-0.4, -0.2) is 36.4 Å². The van der Waals surface area contributed by atoms with Crippen molar-refractivity contribution in [2.24, 2.45) is 16.6 Å². The van der Waals surface area contributed by atoms with Crippen molar-refractivity contribution >= 4 is 28.7 Å². The zero-order valence-electron chi connectivity index (χ0n) is 19.4. The standard InChI is InChI=1S/C15H28N4.C11H9Cl/c1-4-11(3)6-7-13-14(5-2)17-10-18-15(13)19-8-12(16)9-19;1-8-4-2-5-9-6-3-7-10(12)11(8)9/h10-12,14H,4-9,16H2,1-3H3,(H,17,18);2-7H,1H3. The summed E-state index contributed by atoms with van der Waals surface area (Å²) in [6, 6.07) is 12.9. The fourth-order valence-corrected chi connectivity index (χ4v) is 4.57. The molecule has 168 valence electrons. The minimum absolute atomic E-state index is 0.337. The number of aryl methyl sites for hydroxylation is 1. The van der Waals surface area contributed by atoms with Crippen molar-refractivity contribution in [3.63, 3.8) is 0 Å². The van der Waals surface area contributed by atoms with Crippen LogP contribution in [0.4, 0.5) is 0 Å². The molecule has 4 nitrogen and oxygen atoms in total. The van der Waals surface area contributed by atoms with Crippen molar-refractivity contribution in [1.82, 2.24) is 10.2 Å². The quantitative estimate of drug-likeness (QED) is 0.589. The lowest BCUT2D eigenvalue weighted by atomic mass is 9.92. The van der Waals surface area contributed by atoms with Gasteiger partial charge in [0.15, 0.2) is 0 Å². The van der Waals surface area contributed by atoms with Crippen LogP contribution in [-0.2, 0) is 0 Å². The average Bonchev–Trinajstić information content (AvgIpc) is 2.75. The van der Waals surface area contributed by atoms with Crippen molar-refractivity contribution in [3.8, 4) is 0 Å². The molecule has 2 aromatic rings. The SMILES string of the molecule is CCC(C)CCC1=C(N2CC(N)C2)NC=NC1CC.Cc1cccc2cccc(Cl)c12. The molecule has 31 heavy (non-hydrogen) atoms. The van der Waals surface area contributed by atoms with E-state index in [-0.39, 0.29) is 0 Å². The Morgan fingerprint density at radius 1 is 1.19 bits per heavy atom. The van der Waals surface area contributed by atoms with Gasteiger partial charge in [0.05, 0.1) is 12.4 Å². The van der Waals surface area contributed by atoms with Gasteiger partial charge in [0, 0.05) is 29.5 Å². The summed E-state index contributed by atoms with van der Waals surface area (Å²) in [5.74, 6) is 2.07. The second-order valence-electron chi connectivity index (χ2n) is 8.85. The second kappa shape index (κ2) is 11.0. The first kappa shape index (κ1) is 23.6. The Bertz CT molecular complexity index is 893. The molecule has 2 aliphatic rings. The van der Waals surface area contributed by atoms with E-state index < -0.39 is 0 Å². The Kier molecular flexibility index (Phi) is 8.39. The lowest BCUT2D eigenvalue weighted by molar-refractivity contribution is 0.188. The van der Waals surface area contributed by atoms with E-state index in [0.29, 0.717) is 12.1 Å². The maximum absolute atomic E-state index is 6.06. The third kappa shape index (κ3) is 5.81. The summed E-state index contributed by atoms with van der Waals surface area (Å²) >= 11 is 6.06. The van der Waals surface area contributed by atoms with Gasteiger partial charge in [-0.15, -0.1) is 0 Å². The maximum Gasteiger partial charge on any atom is 0.108 e. The fourth-order valence-electron chi connectivity index (χ4n) is 4.24. The summed E-state index contributed by atoms with van der Waals surface area (Å²) in [5.41, 5.74) is 8.62. The molecule has 0 amide bonds. The molecule has 2 unspecified atom stereocenters. The zero-order chi connectivity index (χ0) is 22.4. The molecule has 0 bridgehead atoms. The molecule has 2 aliphatic heterocycles. The van der Waals surface area contributed by atoms with Gasteiger partial charge >= 0.3 is 0 Å². The third-order valence-electron chi connectivity index (χ3n) is 6.44. The number of halogens is 1. The Labute approximate surface area is 192 Å². The Morgan fingerprint density at radius 2 is 1.90 bits per heavy atom. The van der Waals surface area contributed by atoms with Gasteiger partial charge in [0.25, 0.3) is 0 Å². The first-order valence-corrected chi connectivity index (χ1v) is 12.0. The van der Waals surface area contributed by atoms with E-state index in [4.69, 9.17) is 17.3 Å². The van der Waals surface area contributed by atoms with Crippen LogP contribution in [0.2, 0.25) is 5.02 Å². The molecular formula is C26H37ClN4. The molecular weight excluding hydrogens is 404 g/mol. The van der Waals surface area contributed by atoms with Crippen LogP contribution < -0.4 is 11.1 Å². The molecule has 0 aromatic heterocycles. The van der Waals surface area contributed by atoms with Crippen molar-refractivity contribution in [3.05, 3.63) is 58.4 Å². The highest BCUT2D eigenvalue weighted by molar-refractivity contribution is 6.35. The summed E-state index contributed by atoms with van der Waals surface area (Å²) in [5, 5.41) is 6.57. The lowest BCUT2D eigenvalue weighted by Crippen LogP contribution is -2.57. The number of likely N-dealkylation sites (tertiary alicyclic amines) is 1. The highest BCUT2D eigenvalue weighted by Crippen LogP contribution is 2.28. The average molecular weight is 441 g/mol. The van der Waals surface area contributed by atoms with Gasteiger partial charge in [-0.1, -0.05) is 69.1 Å². The number of hydrogen-bond donors (Lipinski definition) is 2. The van der Waals surface area contributed by atoms with E-state index in [2.05, 4.69) is 61.1 Å². The van der Waals surface area contributed by atoms with Gasteiger partial charge in [-0.3, -0.25) is 4.99 Å². The summed E-state index contributed by atoms with van der Waals surface area (Å²) in [6.07, 6.45) is 6.60. The minimum atomic E-state index is 0.337. The fraction of sp³-hybridized carbons (Fsp3) is 0.500. The van der Waals surface area contributed by atoms with E-state index in [9.17, 15) is 0 Å². The molecule has 3 N–H and O–H groups in total. The summed E-state index contributed by atoms with van der Waals surface area (Å²) < 4.78 is 0. The van der Waals surface area contributed by atoms with Crippen molar-refractivity contribution in [2.75, 3.05) is 13.1 Å². The normalized spacial score (nSPS) is 19.5. The minimum Gasteiger partial charge on any atom is -0.355 e. The van der Waals surface area contributed by atoms with Gasteiger partial charge in [0.1, 0.15) is 5.82 Å². The molecule has 0 aliphatic carbocycles. The van der Waals surface area contributed by atoms with Crippen molar-refractivity contribution in [1.29, 1.82) is 0 Å². The van der Waals surface area contributed by atoms with Crippen LogP contribution in [0.3, 0.4) is 0 Å². The molecule has 0 spiro atoms. The Balaban J connectivity index is 0.000000194. The predicted molar refractivity (Wildman–Crippen MR) is 135 cm³/mol. The van der Waals surface area contributed by atoms with Crippen molar-refractivity contribution in [2.45, 2.75) is 65.5 Å². The first-order valence-electron chi connectivity index (χ1n) is 11.6. The van der Waals surface area contributed by atoms with Gasteiger partial charge in [-0.25, -0.2) is 0 Å². The van der Waals surface area contributed by atoms with Crippen molar-refractivity contribution < 1.29 is 0 Å². The molecule has 2 aromatic carbocycles. The topological polar surface area (TPSA) is 53.6 Å². The van der Waals surface area contributed by atoms with Gasteiger partial charge in [0.2, 0.25) is 0 Å². The molecule has 1 fully saturated rings. The Hall–Kier alpha value is -2.04. The van der Waals surface area contributed by atoms with E-state index >= 15 is 0 Å². The van der Waals surface area contributed by atoms with Crippen LogP contribution in [0, 0.1) is 12.8 Å². The monoisotopic (exact) mass is 440 g/mol. The molecule has 0 saturated carbocycles. The number of benzene rings is 2. The summed E-state index contributed by atoms with van der Waals surface area (Å²) in [6.45, 7) is 10.8. The Morgan fingerprint density at radius 3 is 2.52 bits per heavy atom. The zero-order valence-corrected chi connectivity index (χ0v) is 20.1. The number of hydrogen-bond acceptors (Lipinski definition) is 4. The third-order valence-corrected chi connectivity index (χ3v) is 6.76. The van der Waals surface area contributed by atoms with E-state index in [1.165, 1.54) is 40.6 Å². The lowest BCUT2D eigenvalue weighted by Gasteiger charge is -2.42. The van der Waals surface area contributed by atoms with Crippen LogP contribution in [0.5, 0.6) is 0 Å². The van der Waals surface area contributed by atoms with Crippen LogP contribution in [0.25, 0.3) is 10.8 Å². The van der Waals surface area contributed by atoms with Crippen LogP contribution in [0.15, 0.2) is 52.8 Å². The smallest absolute Gasteiger partial charge is 0.108 e. The summed E-state index contributed by atoms with van der Waals surface area (Å²) in [7, 11) is 0. The van der Waals surface area contributed by atoms with Gasteiger partial charge in [-0.05, 0) is 54.7 Å². The molecule has 0 radical (unpaired) electrons. The molecule has 1 saturated heterocycles. The highest BCUT2D eigenvalue weighted by Gasteiger charge is 2.30. The van der Waals surface area contributed by atoms with Gasteiger partial charge in [-0.2, -0.15) is 0 Å². The number of rotatable bonds is 6. The number of aliphatic imine (C=N–C) groups is 1. The molecule has 2 heterocycles. The number of nitrogens with two attached hydrogens (primary N) is 1. The maximum atomic E-state index is 6.06. The number of nitrogens with one attached hydrogen (secondary N) is 1. The highest BCUT2D eigenvalue weighted by atomic mass is 35.5. The number of nitrogens with zero attached hydrogens (tertiary/aromatic N) is 2. The van der Waals surface area contributed by atoms with Gasteiger partial charge < -0.3 is 16.0 Å². The molecule has 4 rings (SSSR count). The number of fused-ring (bicyclic) bond motifs is 1. The summed E-state index contributed by atoms with van der Waals surface area (Å²) in [4.78, 5) is 6.96. The van der Waals surface area contributed by atoms with Crippen LogP contribution in [0.1, 0.15) is 52.0 Å². The first-order chi connectivity index (χ1) is 14.9. The molecule has 2 atom stereocenters. The predicted octanol–water partition coefficient (Wildman–Crippen LogP) is 5.88. The molecule has 5 heteroatoms. The van der Waals surface area contributed by atoms with Crippen LogP contribution >= 0.6 is 11.6 Å². The van der Waals surface area contributed by atoms with E-state index in [0.717, 1.165) is 36.9 Å². The van der Waals surface area contributed by atoms with E-state index in [1.54, 1.807) is 0 Å². The largest absolute Gasteiger partial charge is 0.355 e. The van der Waals surface area contributed by atoms with E-state index in [1.807, 2.05) is 24.5 Å². The second-order valence-corrected chi connectivity index (χ2v) is 9.26.